The van der Waals surface area contributed by atoms with Gasteiger partial charge in [-0.1, -0.05) is 44.2 Å². The fraction of sp³-hybridized carbons (Fsp3) is 0.464. The van der Waals surface area contributed by atoms with Gasteiger partial charge in [-0.2, -0.15) is 13.2 Å². The molecule has 0 saturated carbocycles. The number of allylic oxidation sites excluding steroid dienone is 3. The Morgan fingerprint density at radius 3 is 2.59 bits per heavy atom. The Bertz CT molecular complexity index is 1260. The number of piperidine rings is 1. The molecule has 5 nitrogen and oxygen atoms in total. The molecule has 11 heteroatoms. The van der Waals surface area contributed by atoms with E-state index in [-0.39, 0.29) is 24.5 Å². The fourth-order valence-corrected chi connectivity index (χ4v) is 5.63. The summed E-state index contributed by atoms with van der Waals surface area (Å²) in [7, 11) is 0. The summed E-state index contributed by atoms with van der Waals surface area (Å²) < 4.78 is 69.1. The summed E-state index contributed by atoms with van der Waals surface area (Å²) in [5, 5.41) is 3.59. The number of rotatable bonds is 8. The number of amides is 1. The van der Waals surface area contributed by atoms with Crippen molar-refractivity contribution in [1.82, 2.24) is 15.2 Å². The number of hydrogen-bond acceptors (Lipinski definition) is 5. The minimum Gasteiger partial charge on any atom is -0.368 e. The molecule has 1 amide bonds. The van der Waals surface area contributed by atoms with Crippen LogP contribution in [0.25, 0.3) is 10.4 Å². The maximum absolute atomic E-state index is 14.7. The van der Waals surface area contributed by atoms with Gasteiger partial charge in [0.05, 0.1) is 28.0 Å². The van der Waals surface area contributed by atoms with Gasteiger partial charge in [-0.15, -0.1) is 11.3 Å². The van der Waals surface area contributed by atoms with E-state index in [0.29, 0.717) is 9.88 Å². The zero-order chi connectivity index (χ0) is 29.0. The molecule has 2 aromatic rings. The van der Waals surface area contributed by atoms with Crippen LogP contribution in [0.1, 0.15) is 54.7 Å². The molecule has 0 bridgehead atoms. The summed E-state index contributed by atoms with van der Waals surface area (Å²) in [6.07, 6.45) is -1.53. The molecule has 3 rings (SSSR count). The van der Waals surface area contributed by atoms with Crippen LogP contribution in [0.5, 0.6) is 0 Å². The minimum atomic E-state index is -4.55. The number of carbonyl (C=O) groups excluding carboxylic acids is 1. The number of aromatic nitrogens is 1. The fourth-order valence-electron chi connectivity index (χ4n) is 4.63. The van der Waals surface area contributed by atoms with E-state index < -0.39 is 48.5 Å². The summed E-state index contributed by atoms with van der Waals surface area (Å²) in [5.41, 5.74) is 0.975. The number of aliphatic imine (C=N–C) groups is 1. The molecule has 0 spiro atoms. The van der Waals surface area contributed by atoms with E-state index in [9.17, 15) is 26.7 Å². The Morgan fingerprint density at radius 1 is 1.28 bits per heavy atom. The molecule has 1 aliphatic heterocycles. The number of halogens is 5. The molecular weight excluding hydrogens is 535 g/mol. The summed E-state index contributed by atoms with van der Waals surface area (Å²) in [5.74, 6) is -4.15. The van der Waals surface area contributed by atoms with Crippen molar-refractivity contribution in [2.24, 2.45) is 10.9 Å². The highest BCUT2D eigenvalue weighted by atomic mass is 32.1. The highest BCUT2D eigenvalue weighted by Gasteiger charge is 2.47. The number of aryl methyl sites for hydroxylation is 2. The van der Waals surface area contributed by atoms with Crippen LogP contribution in [0.4, 0.5) is 22.0 Å². The normalized spacial score (nSPS) is 20.5. The predicted octanol–water partition coefficient (Wildman–Crippen LogP) is 7.33. The number of nitrogens with one attached hydrogen (secondary N) is 1. The standard InChI is InChI=1S/C28H33F5N4OS/c1-6-10-20(28(31,32)33)14-34-23(7-2)35-15-22-18(4)13-27(29,30)16-37(22)26(38)24-25(39-19(5)36-24)21-12-9-8-11-17(21)3/h7-12,14,18,22,35H,6,13,15-16H2,1-5H3/b20-10+,23-7+,34-14-/t18-,22-/m1/s1. The molecule has 212 valence electrons. The third-order valence-electron chi connectivity index (χ3n) is 6.53. The number of alkyl halides is 5. The Balaban J connectivity index is 1.89. The van der Waals surface area contributed by atoms with Crippen molar-refractivity contribution in [2.75, 3.05) is 13.1 Å². The van der Waals surface area contributed by atoms with E-state index >= 15 is 0 Å². The SMILES string of the molecule is C\C=C(/N=C\C(=C/CC)C(F)(F)F)NC[C@@H]1[C@H](C)CC(F)(F)CN1C(=O)c1nc(C)sc1-c1ccccc1C. The molecular formula is C28H33F5N4OS. The molecule has 1 aliphatic rings. The van der Waals surface area contributed by atoms with Crippen LogP contribution in [-0.4, -0.2) is 53.2 Å². The number of nitrogens with zero attached hydrogens (tertiary/aromatic N) is 3. The molecule has 39 heavy (non-hydrogen) atoms. The van der Waals surface area contributed by atoms with Crippen molar-refractivity contribution in [1.29, 1.82) is 0 Å². The van der Waals surface area contributed by atoms with Gasteiger partial charge in [0.1, 0.15) is 11.5 Å². The van der Waals surface area contributed by atoms with E-state index in [1.807, 2.05) is 31.2 Å². The summed E-state index contributed by atoms with van der Waals surface area (Å²) in [6.45, 7) is 7.74. The lowest BCUT2D eigenvalue weighted by molar-refractivity contribution is -0.0913. The van der Waals surface area contributed by atoms with Crippen molar-refractivity contribution in [3.63, 3.8) is 0 Å². The van der Waals surface area contributed by atoms with Gasteiger partial charge in [0.15, 0.2) is 0 Å². The van der Waals surface area contributed by atoms with Gasteiger partial charge in [-0.05, 0) is 50.3 Å². The maximum atomic E-state index is 14.7. The van der Waals surface area contributed by atoms with Crippen molar-refractivity contribution < 1.29 is 26.7 Å². The average molecular weight is 569 g/mol. The van der Waals surface area contributed by atoms with E-state index in [4.69, 9.17) is 0 Å². The molecule has 0 aliphatic carbocycles. The predicted molar refractivity (Wildman–Crippen MR) is 145 cm³/mol. The van der Waals surface area contributed by atoms with E-state index in [0.717, 1.165) is 28.3 Å². The first-order valence-electron chi connectivity index (χ1n) is 12.7. The third-order valence-corrected chi connectivity index (χ3v) is 7.53. The van der Waals surface area contributed by atoms with Gasteiger partial charge in [0, 0.05) is 19.2 Å². The largest absolute Gasteiger partial charge is 0.417 e. The molecule has 0 unspecified atom stereocenters. The van der Waals surface area contributed by atoms with Crippen LogP contribution in [0.3, 0.4) is 0 Å². The minimum absolute atomic E-state index is 0.0294. The molecule has 2 atom stereocenters. The first-order valence-corrected chi connectivity index (χ1v) is 13.5. The average Bonchev–Trinajstić information content (AvgIpc) is 3.23. The number of hydrogen-bond donors (Lipinski definition) is 1. The van der Waals surface area contributed by atoms with Gasteiger partial charge in [-0.3, -0.25) is 4.79 Å². The molecule has 2 heterocycles. The van der Waals surface area contributed by atoms with Crippen LogP contribution in [0.15, 0.2) is 52.8 Å². The zero-order valence-corrected chi connectivity index (χ0v) is 23.4. The van der Waals surface area contributed by atoms with Crippen molar-refractivity contribution in [2.45, 2.75) is 65.6 Å². The maximum Gasteiger partial charge on any atom is 0.417 e. The lowest BCUT2D eigenvalue weighted by Crippen LogP contribution is -2.58. The van der Waals surface area contributed by atoms with Gasteiger partial charge in [-0.25, -0.2) is 18.8 Å². The lowest BCUT2D eigenvalue weighted by Gasteiger charge is -2.43. The highest BCUT2D eigenvalue weighted by Crippen LogP contribution is 2.38. The number of benzene rings is 1. The van der Waals surface area contributed by atoms with Crippen molar-refractivity contribution >= 4 is 23.5 Å². The topological polar surface area (TPSA) is 57.6 Å². The van der Waals surface area contributed by atoms with Crippen LogP contribution in [-0.2, 0) is 0 Å². The number of likely N-dealkylation sites (tertiary alicyclic amines) is 1. The van der Waals surface area contributed by atoms with Crippen LogP contribution in [0, 0.1) is 19.8 Å². The first-order chi connectivity index (χ1) is 18.3. The van der Waals surface area contributed by atoms with E-state index in [1.165, 1.54) is 17.4 Å². The molecule has 0 radical (unpaired) electrons. The van der Waals surface area contributed by atoms with Crippen molar-refractivity contribution in [3.8, 4) is 10.4 Å². The summed E-state index contributed by atoms with van der Waals surface area (Å²) >= 11 is 1.33. The Morgan fingerprint density at radius 2 is 1.97 bits per heavy atom. The van der Waals surface area contributed by atoms with Gasteiger partial charge in [0.2, 0.25) is 0 Å². The Kier molecular flexibility index (Phi) is 9.69. The smallest absolute Gasteiger partial charge is 0.368 e. The Labute approximate surface area is 229 Å². The zero-order valence-electron chi connectivity index (χ0n) is 22.6. The molecule has 1 saturated heterocycles. The second kappa shape index (κ2) is 12.4. The third kappa shape index (κ3) is 7.52. The second-order valence-electron chi connectivity index (χ2n) is 9.64. The monoisotopic (exact) mass is 568 g/mol. The van der Waals surface area contributed by atoms with Gasteiger partial charge >= 0.3 is 6.18 Å². The van der Waals surface area contributed by atoms with Gasteiger partial charge in [0.25, 0.3) is 11.8 Å². The van der Waals surface area contributed by atoms with Crippen LogP contribution in [0.2, 0.25) is 0 Å². The molecule has 1 N–H and O–H groups in total. The number of thiazole rings is 1. The van der Waals surface area contributed by atoms with Crippen LogP contribution < -0.4 is 5.32 Å². The van der Waals surface area contributed by atoms with Crippen molar-refractivity contribution in [3.05, 3.63) is 64.1 Å². The lowest BCUT2D eigenvalue weighted by atomic mass is 9.88. The quantitative estimate of drug-likeness (QED) is 0.268. The van der Waals surface area contributed by atoms with Gasteiger partial charge < -0.3 is 10.2 Å². The summed E-state index contributed by atoms with van der Waals surface area (Å²) in [4.78, 5) is 23.9. The molecule has 1 fully saturated rings. The first kappa shape index (κ1) is 30.5. The Hall–Kier alpha value is -3.08. The molecule has 1 aromatic carbocycles. The highest BCUT2D eigenvalue weighted by molar-refractivity contribution is 7.15. The molecule has 1 aromatic heterocycles. The van der Waals surface area contributed by atoms with E-state index in [1.54, 1.807) is 27.7 Å². The van der Waals surface area contributed by atoms with E-state index in [2.05, 4.69) is 15.3 Å². The second-order valence-corrected chi connectivity index (χ2v) is 10.8. The van der Waals surface area contributed by atoms with Crippen LogP contribution >= 0.6 is 11.3 Å². The summed E-state index contributed by atoms with van der Waals surface area (Å²) in [6, 6.07) is 6.82. The number of carbonyl (C=O) groups is 1.